The highest BCUT2D eigenvalue weighted by Crippen LogP contribution is 2.56. The Hall–Kier alpha value is -4.10. The van der Waals surface area contributed by atoms with Crippen molar-refractivity contribution >= 4 is 90.7 Å². The number of benzene rings is 2. The molecule has 0 spiro atoms. The average molecular weight is 1710 g/mol. The van der Waals surface area contributed by atoms with Gasteiger partial charge in [0.15, 0.2) is 0 Å². The van der Waals surface area contributed by atoms with Crippen LogP contribution in [0.3, 0.4) is 0 Å². The fourth-order valence-corrected chi connectivity index (χ4v) is 27.2. The van der Waals surface area contributed by atoms with Gasteiger partial charge in [0.05, 0.1) is 30.9 Å². The van der Waals surface area contributed by atoms with Crippen molar-refractivity contribution in [1.29, 1.82) is 0 Å². The van der Waals surface area contributed by atoms with Crippen LogP contribution in [0.1, 0.15) is 408 Å². The molecule has 10 aromatic rings. The number of aryl methyl sites for hydroxylation is 6. The van der Waals surface area contributed by atoms with Crippen molar-refractivity contribution < 1.29 is 0 Å². The average Bonchev–Trinajstić information content (AvgIpc) is 0.958. The summed E-state index contributed by atoms with van der Waals surface area (Å²) in [6, 6.07) is 39.1. The molecule has 2 aromatic carbocycles. The highest BCUT2D eigenvalue weighted by atomic mass is 32.1. The Morgan fingerprint density at radius 2 is 0.534 bits per heavy atom. The van der Waals surface area contributed by atoms with E-state index < -0.39 is 0 Å². The monoisotopic (exact) mass is 1710 g/mol. The normalized spacial score (nSPS) is 13.1. The minimum absolute atomic E-state index is 0.0133. The molecule has 0 unspecified atom stereocenters. The molecule has 1 aliphatic carbocycles. The van der Waals surface area contributed by atoms with Crippen molar-refractivity contribution in [2.45, 2.75) is 414 Å². The Bertz CT molecular complexity index is 4420. The Kier molecular flexibility index (Phi) is 39.8. The third-order valence-corrected chi connectivity index (χ3v) is 36.1. The maximum atomic E-state index is 5.90. The van der Waals surface area contributed by atoms with Crippen LogP contribution in [0.5, 0.6) is 0 Å². The quantitative estimate of drug-likeness (QED) is 0.0355. The van der Waals surface area contributed by atoms with Crippen molar-refractivity contribution in [1.82, 2.24) is 9.97 Å². The fourth-order valence-electron chi connectivity index (χ4n) is 17.9. The van der Waals surface area contributed by atoms with Gasteiger partial charge in [-0.3, -0.25) is 0 Å². The van der Waals surface area contributed by atoms with Crippen molar-refractivity contribution in [2.24, 2.45) is 0 Å². The van der Waals surface area contributed by atoms with Gasteiger partial charge in [0.25, 0.3) is 0 Å². The second kappa shape index (κ2) is 49.9. The molecule has 8 heterocycles. The Labute approximate surface area is 739 Å². The summed E-state index contributed by atoms with van der Waals surface area (Å²) < 4.78 is 0. The van der Waals surface area contributed by atoms with Gasteiger partial charge in [-0.25, -0.2) is 9.97 Å². The maximum Gasteiger partial charge on any atom is 0.134 e. The largest absolute Gasteiger partial charge is 0.240 e. The predicted octanol–water partition coefficient (Wildman–Crippen LogP) is 39.1. The van der Waals surface area contributed by atoms with E-state index in [4.69, 9.17) is 9.97 Å². The number of hydrogen-bond donors (Lipinski definition) is 0. The standard InChI is InChI=1S/C106H150N2S8/c1-11-15-19-23-27-31-35-39-43-47-51-55-59-82-77-97(93-68-64-80(6)109-93)113-99(82)103-107-88(61-57-53-49-45-41-37-33-29-25-21-17-13-3)101(115-103)95-73-71-91(111-95)92-72-74-96(112-92)102-89(62-58-54-50-46-42-38-34-30-26-22-18-14-4)108-104(116-102)100-83(60-56-52-48-44-40-36-32-28-24-20-16-12-2)78-98(114-100)94-70-69-90(110-94)81-65-67-85-84-66-63-79(5)75-86(84)105(7,8)106(9,10)87(85)76-81/h63-78H,11-62H2,1-10H3. The first-order chi connectivity index (χ1) is 56.8. The number of unbranched alkanes of at least 4 members (excludes halogenated alkanes) is 44. The molecule has 0 amide bonds. The molecule has 11 rings (SSSR count). The fraction of sp³-hybridized carbons (Fsp3) is 0.604. The molecule has 0 saturated heterocycles. The smallest absolute Gasteiger partial charge is 0.134 e. The molecule has 2 nitrogen and oxygen atoms in total. The summed E-state index contributed by atoms with van der Waals surface area (Å²) in [5.41, 5.74) is 14.0. The van der Waals surface area contributed by atoms with Crippen molar-refractivity contribution in [2.75, 3.05) is 0 Å². The molecular formula is C106H150N2S8. The lowest BCUT2D eigenvalue weighted by Crippen LogP contribution is -2.43. The molecule has 0 fully saturated rings. The predicted molar refractivity (Wildman–Crippen MR) is 529 cm³/mol. The van der Waals surface area contributed by atoms with E-state index in [-0.39, 0.29) is 10.8 Å². The first-order valence-electron chi connectivity index (χ1n) is 47.7. The van der Waals surface area contributed by atoms with Gasteiger partial charge in [0.1, 0.15) is 10.0 Å². The van der Waals surface area contributed by atoms with Crippen molar-refractivity contribution in [3.05, 3.63) is 141 Å². The SMILES string of the molecule is CCCCCCCCCCCCCCc1cc(-c2ccc(C)s2)sc1-c1nc(CCCCCCCCCCCCCC)c(-c2ccc(-c3ccc(-c4sc(-c5sc(-c6ccc(-c7ccc8c(c7)C(C)(C)C(C)(C)c7cc(C)ccc7-8)s6)cc5CCCCCCCCCCCCCC)nc4CCCCCCCCCCCCCC)s3)s2)s1. The summed E-state index contributed by atoms with van der Waals surface area (Å²) in [7, 11) is 0. The number of aromatic nitrogens is 2. The molecule has 0 saturated carbocycles. The summed E-state index contributed by atoms with van der Waals surface area (Å²) in [4.78, 5) is 31.2. The van der Waals surface area contributed by atoms with Crippen LogP contribution in [0.4, 0.5) is 0 Å². The zero-order valence-electron chi connectivity index (χ0n) is 74.2. The topological polar surface area (TPSA) is 25.8 Å². The molecule has 10 heteroatoms. The van der Waals surface area contributed by atoms with Crippen LogP contribution in [0, 0.1) is 13.8 Å². The van der Waals surface area contributed by atoms with Crippen LogP contribution < -0.4 is 0 Å². The van der Waals surface area contributed by atoms with E-state index in [1.54, 1.807) is 0 Å². The summed E-state index contributed by atoms with van der Waals surface area (Å²) in [5.74, 6) is 0. The molecule has 8 aromatic heterocycles. The van der Waals surface area contributed by atoms with Crippen LogP contribution >= 0.6 is 90.7 Å². The van der Waals surface area contributed by atoms with Gasteiger partial charge in [-0.05, 0) is 182 Å². The molecular weight excluding hydrogens is 1560 g/mol. The van der Waals surface area contributed by atoms with Gasteiger partial charge in [-0.1, -0.05) is 374 Å². The van der Waals surface area contributed by atoms with Crippen LogP contribution in [0.15, 0.2) is 97.1 Å². The molecule has 116 heavy (non-hydrogen) atoms. The maximum absolute atomic E-state index is 5.90. The lowest BCUT2D eigenvalue weighted by Gasteiger charge is -2.48. The molecule has 632 valence electrons. The van der Waals surface area contributed by atoms with Gasteiger partial charge in [-0.15, -0.1) is 90.7 Å². The molecule has 0 atom stereocenters. The second-order valence-corrected chi connectivity index (χ2v) is 44.7. The van der Waals surface area contributed by atoms with Crippen molar-refractivity contribution in [3.63, 3.8) is 0 Å². The number of fused-ring (bicyclic) bond motifs is 3. The van der Waals surface area contributed by atoms with E-state index in [0.29, 0.717) is 0 Å². The van der Waals surface area contributed by atoms with E-state index in [9.17, 15) is 0 Å². The number of thiazole rings is 2. The lowest BCUT2D eigenvalue weighted by molar-refractivity contribution is 0.299. The third-order valence-electron chi connectivity index (χ3n) is 25.9. The summed E-state index contributed by atoms with van der Waals surface area (Å²) >= 11 is 16.0. The van der Waals surface area contributed by atoms with Crippen LogP contribution in [0.25, 0.3) is 90.1 Å². The van der Waals surface area contributed by atoms with Crippen LogP contribution in [-0.4, -0.2) is 9.97 Å². The Balaban J connectivity index is 0.860. The zero-order valence-corrected chi connectivity index (χ0v) is 80.7. The molecule has 0 aliphatic heterocycles. The molecule has 0 N–H and O–H groups in total. The number of nitrogens with zero attached hydrogens (tertiary/aromatic N) is 2. The van der Waals surface area contributed by atoms with Crippen LogP contribution in [0.2, 0.25) is 0 Å². The minimum atomic E-state index is -0.0413. The number of hydrogen-bond acceptors (Lipinski definition) is 10. The van der Waals surface area contributed by atoms with E-state index in [1.165, 1.54) is 442 Å². The minimum Gasteiger partial charge on any atom is -0.240 e. The van der Waals surface area contributed by atoms with Gasteiger partial charge in [0, 0.05) is 48.8 Å². The third kappa shape index (κ3) is 27.2. The molecule has 1 aliphatic rings. The first kappa shape index (κ1) is 92.6. The van der Waals surface area contributed by atoms with Gasteiger partial charge >= 0.3 is 0 Å². The highest BCUT2D eigenvalue weighted by molar-refractivity contribution is 7.31. The van der Waals surface area contributed by atoms with E-state index >= 15 is 0 Å². The van der Waals surface area contributed by atoms with Gasteiger partial charge in [-0.2, -0.15) is 0 Å². The number of thiophene rings is 6. The summed E-state index contributed by atoms with van der Waals surface area (Å²) in [5, 5.41) is 2.49. The molecule has 0 bridgehead atoms. The van der Waals surface area contributed by atoms with Crippen LogP contribution in [-0.2, 0) is 36.5 Å². The summed E-state index contributed by atoms with van der Waals surface area (Å²) in [6.07, 6.45) is 70.0. The molecule has 0 radical (unpaired) electrons. The van der Waals surface area contributed by atoms with Gasteiger partial charge < -0.3 is 0 Å². The Morgan fingerprint density at radius 1 is 0.241 bits per heavy atom. The van der Waals surface area contributed by atoms with Crippen molar-refractivity contribution in [3.8, 4) is 90.1 Å². The first-order valence-corrected chi connectivity index (χ1v) is 54.2. The van der Waals surface area contributed by atoms with E-state index in [1.807, 2.05) is 90.7 Å². The number of rotatable bonds is 60. The van der Waals surface area contributed by atoms with E-state index in [0.717, 1.165) is 25.7 Å². The van der Waals surface area contributed by atoms with Gasteiger partial charge in [0.2, 0.25) is 0 Å². The second-order valence-electron chi connectivity index (χ2n) is 36.0. The highest BCUT2D eigenvalue weighted by Gasteiger charge is 2.46. The van der Waals surface area contributed by atoms with E-state index in [2.05, 4.69) is 166 Å². The zero-order chi connectivity index (χ0) is 81.2. The summed E-state index contributed by atoms with van der Waals surface area (Å²) in [6.45, 7) is 23.7. The lowest BCUT2D eigenvalue weighted by atomic mass is 9.55. The Morgan fingerprint density at radius 3 is 0.897 bits per heavy atom.